The molecule has 2 aromatic carbocycles. The molecule has 39 heavy (non-hydrogen) atoms. The molecule has 4 aromatic rings. The predicted octanol–water partition coefficient (Wildman–Crippen LogP) is 6.49. The first-order valence-corrected chi connectivity index (χ1v) is 13.8. The summed E-state index contributed by atoms with van der Waals surface area (Å²) in [5.74, 6) is 1.03. The van der Waals surface area contributed by atoms with Crippen LogP contribution in [0.5, 0.6) is 11.6 Å². The van der Waals surface area contributed by atoms with E-state index in [-0.39, 0.29) is 12.2 Å². The second kappa shape index (κ2) is 10.2. The molecule has 2 saturated carbocycles. The summed E-state index contributed by atoms with van der Waals surface area (Å²) >= 11 is 6.81. The molecular formula is C30H31ClN4O4. The number of fused-ring (bicyclic) bond motifs is 1. The third-order valence-electron chi connectivity index (χ3n) is 7.62. The van der Waals surface area contributed by atoms with Gasteiger partial charge < -0.3 is 19.1 Å². The molecule has 8 nitrogen and oxygen atoms in total. The molecule has 1 unspecified atom stereocenters. The highest BCUT2D eigenvalue weighted by Gasteiger charge is 2.41. The van der Waals surface area contributed by atoms with Crippen LogP contribution in [0.1, 0.15) is 63.0 Å². The van der Waals surface area contributed by atoms with Crippen molar-refractivity contribution in [3.63, 3.8) is 0 Å². The highest BCUT2D eigenvalue weighted by Crippen LogP contribution is 2.43. The normalized spacial score (nSPS) is 16.7. The van der Waals surface area contributed by atoms with E-state index in [0.717, 1.165) is 18.4 Å². The van der Waals surface area contributed by atoms with E-state index in [2.05, 4.69) is 45.7 Å². The largest absolute Gasteiger partial charge is 0.494 e. The van der Waals surface area contributed by atoms with Gasteiger partial charge in [-0.15, -0.1) is 0 Å². The number of rotatable bonds is 11. The number of aromatic nitrogens is 4. The highest BCUT2D eigenvalue weighted by molar-refractivity contribution is 6.33. The van der Waals surface area contributed by atoms with E-state index >= 15 is 0 Å². The van der Waals surface area contributed by atoms with Crippen LogP contribution in [0.15, 0.2) is 48.8 Å². The number of carboxylic acid groups (broad SMARTS) is 1. The number of halogens is 1. The average Bonchev–Trinajstić information content (AvgIpc) is 3.85. The number of aliphatic carboxylic acids is 1. The van der Waals surface area contributed by atoms with Gasteiger partial charge in [0.05, 0.1) is 24.1 Å². The lowest BCUT2D eigenvalue weighted by Crippen LogP contribution is -2.13. The Bertz CT molecular complexity index is 1540. The summed E-state index contributed by atoms with van der Waals surface area (Å²) < 4.78 is 14.2. The molecule has 1 atom stereocenters. The van der Waals surface area contributed by atoms with E-state index in [1.54, 1.807) is 13.0 Å². The van der Waals surface area contributed by atoms with Crippen molar-refractivity contribution in [3.05, 3.63) is 64.9 Å². The third-order valence-corrected chi connectivity index (χ3v) is 7.93. The van der Waals surface area contributed by atoms with Gasteiger partial charge in [0.25, 0.3) is 0 Å². The Balaban J connectivity index is 1.38. The van der Waals surface area contributed by atoms with Crippen LogP contribution in [0.4, 0.5) is 0 Å². The molecule has 0 saturated heterocycles. The predicted molar refractivity (Wildman–Crippen MR) is 148 cm³/mol. The van der Waals surface area contributed by atoms with Crippen molar-refractivity contribution in [2.45, 2.75) is 64.0 Å². The molecule has 0 aliphatic heterocycles. The molecule has 9 heteroatoms. The van der Waals surface area contributed by atoms with Crippen molar-refractivity contribution in [1.29, 1.82) is 0 Å². The van der Waals surface area contributed by atoms with Gasteiger partial charge in [0.15, 0.2) is 11.2 Å². The summed E-state index contributed by atoms with van der Waals surface area (Å²) in [5.41, 5.74) is 4.45. The van der Waals surface area contributed by atoms with Gasteiger partial charge in [0.1, 0.15) is 23.5 Å². The standard InChI is InChI=1S/C30H31ClN4O4/c1-18(29(36)37)11-14-38-21-9-10-23(24(31)15-21)26-34-25-27(32-17-33-28(25)39-30(2)12-13-30)35(26)16-20-5-3-4-6-22(20)19-7-8-19/h3-6,9-10,15,17-19H,7-8,11-14,16H2,1-2H3,(H,36,37). The number of imidazole rings is 1. The lowest BCUT2D eigenvalue weighted by molar-refractivity contribution is -0.141. The highest BCUT2D eigenvalue weighted by atomic mass is 35.5. The van der Waals surface area contributed by atoms with E-state index in [9.17, 15) is 4.79 Å². The van der Waals surface area contributed by atoms with Crippen LogP contribution in [0.3, 0.4) is 0 Å². The Hall–Kier alpha value is -3.65. The first-order valence-electron chi connectivity index (χ1n) is 13.4. The molecule has 202 valence electrons. The van der Waals surface area contributed by atoms with E-state index in [1.807, 2.05) is 12.1 Å². The van der Waals surface area contributed by atoms with Gasteiger partial charge in [-0.1, -0.05) is 42.8 Å². The van der Waals surface area contributed by atoms with Gasteiger partial charge >= 0.3 is 5.97 Å². The lowest BCUT2D eigenvalue weighted by Gasteiger charge is -2.14. The fourth-order valence-electron chi connectivity index (χ4n) is 4.74. The molecule has 2 aliphatic rings. The summed E-state index contributed by atoms with van der Waals surface area (Å²) in [5, 5.41) is 9.59. The minimum atomic E-state index is -0.837. The van der Waals surface area contributed by atoms with E-state index in [0.29, 0.717) is 52.5 Å². The first-order chi connectivity index (χ1) is 18.8. The van der Waals surface area contributed by atoms with Crippen molar-refractivity contribution < 1.29 is 19.4 Å². The molecule has 0 amide bonds. The zero-order valence-corrected chi connectivity index (χ0v) is 22.8. The van der Waals surface area contributed by atoms with E-state index in [1.165, 1.54) is 30.3 Å². The van der Waals surface area contributed by atoms with Crippen molar-refractivity contribution in [2.75, 3.05) is 6.61 Å². The van der Waals surface area contributed by atoms with Gasteiger partial charge in [-0.25, -0.2) is 9.97 Å². The van der Waals surface area contributed by atoms with Crippen molar-refractivity contribution in [3.8, 4) is 23.0 Å². The molecule has 2 heterocycles. The zero-order valence-electron chi connectivity index (χ0n) is 22.1. The number of hydrogen-bond acceptors (Lipinski definition) is 6. The third kappa shape index (κ3) is 5.43. The van der Waals surface area contributed by atoms with E-state index in [4.69, 9.17) is 31.2 Å². The van der Waals surface area contributed by atoms with Crippen LogP contribution in [0.25, 0.3) is 22.6 Å². The number of hydrogen-bond donors (Lipinski definition) is 1. The number of nitrogens with zero attached hydrogens (tertiary/aromatic N) is 4. The number of benzene rings is 2. The topological polar surface area (TPSA) is 99.4 Å². The summed E-state index contributed by atoms with van der Waals surface area (Å²) in [6.07, 6.45) is 6.34. The molecular weight excluding hydrogens is 516 g/mol. The molecule has 0 bridgehead atoms. The van der Waals surface area contributed by atoms with Crippen LogP contribution < -0.4 is 9.47 Å². The van der Waals surface area contributed by atoms with Crippen molar-refractivity contribution in [2.24, 2.45) is 5.92 Å². The van der Waals surface area contributed by atoms with Gasteiger partial charge in [-0.3, -0.25) is 4.79 Å². The molecule has 2 fully saturated rings. The maximum absolute atomic E-state index is 11.1. The van der Waals surface area contributed by atoms with Gasteiger partial charge in [0.2, 0.25) is 5.88 Å². The van der Waals surface area contributed by atoms with Crippen LogP contribution >= 0.6 is 11.6 Å². The Kier molecular flexibility index (Phi) is 6.67. The Labute approximate surface area is 232 Å². The Morgan fingerprint density at radius 1 is 1.21 bits per heavy atom. The lowest BCUT2D eigenvalue weighted by atomic mass is 10.0. The number of carbonyl (C=O) groups is 1. The second-order valence-electron chi connectivity index (χ2n) is 10.9. The van der Waals surface area contributed by atoms with Crippen molar-refractivity contribution in [1.82, 2.24) is 19.5 Å². The summed E-state index contributed by atoms with van der Waals surface area (Å²) in [4.78, 5) is 25.2. The molecule has 1 N–H and O–H groups in total. The van der Waals surface area contributed by atoms with Gasteiger partial charge in [-0.2, -0.15) is 4.98 Å². The fourth-order valence-corrected chi connectivity index (χ4v) is 5.00. The Morgan fingerprint density at radius 2 is 2.00 bits per heavy atom. The maximum atomic E-state index is 11.1. The van der Waals surface area contributed by atoms with Crippen LogP contribution in [0, 0.1) is 5.92 Å². The molecule has 2 aliphatic carbocycles. The molecule has 0 radical (unpaired) electrons. The molecule has 2 aromatic heterocycles. The molecule has 0 spiro atoms. The minimum Gasteiger partial charge on any atom is -0.494 e. The molecule has 6 rings (SSSR count). The maximum Gasteiger partial charge on any atom is 0.306 e. The number of ether oxygens (including phenoxy) is 2. The monoisotopic (exact) mass is 546 g/mol. The summed E-state index contributed by atoms with van der Waals surface area (Å²) in [6, 6.07) is 14.0. The number of carboxylic acids is 1. The summed E-state index contributed by atoms with van der Waals surface area (Å²) in [6.45, 7) is 4.62. The second-order valence-corrected chi connectivity index (χ2v) is 11.3. The SMILES string of the molecule is CC(CCOc1ccc(-c2nc3c(OC4(C)CC4)ncnc3n2Cc2ccccc2C2CC2)c(Cl)c1)C(=O)O. The summed E-state index contributed by atoms with van der Waals surface area (Å²) in [7, 11) is 0. The fraction of sp³-hybridized carbons (Fsp3) is 0.400. The van der Waals surface area contributed by atoms with Gasteiger partial charge in [0, 0.05) is 5.56 Å². The van der Waals surface area contributed by atoms with Crippen LogP contribution in [-0.2, 0) is 11.3 Å². The smallest absolute Gasteiger partial charge is 0.306 e. The minimum absolute atomic E-state index is 0.210. The van der Waals surface area contributed by atoms with Crippen LogP contribution in [0.2, 0.25) is 5.02 Å². The first kappa shape index (κ1) is 25.6. The van der Waals surface area contributed by atoms with E-state index < -0.39 is 11.9 Å². The van der Waals surface area contributed by atoms with Crippen molar-refractivity contribution >= 4 is 28.7 Å². The van der Waals surface area contributed by atoms with Gasteiger partial charge in [-0.05, 0) is 74.3 Å². The Morgan fingerprint density at radius 3 is 2.72 bits per heavy atom. The van der Waals surface area contributed by atoms with Crippen LogP contribution in [-0.4, -0.2) is 42.8 Å². The average molecular weight is 547 g/mol. The quantitative estimate of drug-likeness (QED) is 0.229. The zero-order chi connectivity index (χ0) is 27.1.